The molecule has 1 saturated heterocycles. The predicted molar refractivity (Wildman–Crippen MR) is 85.9 cm³/mol. The second kappa shape index (κ2) is 7.97. The number of hydrogen-bond acceptors (Lipinski definition) is 3. The Balaban J connectivity index is 1.77. The molecule has 0 aliphatic carbocycles. The van der Waals surface area contributed by atoms with Crippen molar-refractivity contribution in [2.24, 2.45) is 5.92 Å². The molecule has 1 aromatic rings. The Morgan fingerprint density at radius 2 is 1.82 bits per heavy atom. The van der Waals surface area contributed by atoms with Gasteiger partial charge in [0.1, 0.15) is 11.5 Å². The summed E-state index contributed by atoms with van der Waals surface area (Å²) in [7, 11) is 1.64. The number of ether oxygens (including phenoxy) is 1. The van der Waals surface area contributed by atoms with Gasteiger partial charge in [-0.15, -0.1) is 0 Å². The van der Waals surface area contributed by atoms with Crippen LogP contribution in [0.5, 0.6) is 5.75 Å². The van der Waals surface area contributed by atoms with Crippen molar-refractivity contribution in [2.75, 3.05) is 20.2 Å². The molecule has 0 unspecified atom stereocenters. The van der Waals surface area contributed by atoms with Gasteiger partial charge in [0, 0.05) is 31.8 Å². The van der Waals surface area contributed by atoms with Crippen LogP contribution in [-0.4, -0.2) is 36.8 Å². The Kier molecular flexibility index (Phi) is 5.99. The van der Waals surface area contributed by atoms with E-state index in [0.29, 0.717) is 18.6 Å². The van der Waals surface area contributed by atoms with Crippen molar-refractivity contribution in [3.8, 4) is 5.75 Å². The van der Waals surface area contributed by atoms with Crippen LogP contribution in [-0.2, 0) is 16.0 Å². The summed E-state index contributed by atoms with van der Waals surface area (Å²) in [6.45, 7) is 3.35. The van der Waals surface area contributed by atoms with E-state index in [1.165, 1.54) is 0 Å². The Morgan fingerprint density at radius 1 is 1.18 bits per heavy atom. The minimum Gasteiger partial charge on any atom is -0.497 e. The lowest BCUT2D eigenvalue weighted by Gasteiger charge is -2.31. The summed E-state index contributed by atoms with van der Waals surface area (Å²) in [4.78, 5) is 25.9. The van der Waals surface area contributed by atoms with Gasteiger partial charge in [0.15, 0.2) is 0 Å². The van der Waals surface area contributed by atoms with Crippen molar-refractivity contribution in [2.45, 2.75) is 39.0 Å². The van der Waals surface area contributed by atoms with Crippen molar-refractivity contribution >= 4 is 11.7 Å². The van der Waals surface area contributed by atoms with Crippen LogP contribution in [0.3, 0.4) is 0 Å². The van der Waals surface area contributed by atoms with Gasteiger partial charge in [-0.05, 0) is 37.0 Å². The number of piperidine rings is 1. The number of benzene rings is 1. The number of nitrogens with zero attached hydrogens (tertiary/aromatic N) is 1. The number of carbonyl (C=O) groups is 2. The van der Waals surface area contributed by atoms with Crippen LogP contribution in [0.1, 0.15) is 38.2 Å². The average molecular weight is 303 g/mol. The smallest absolute Gasteiger partial charge is 0.222 e. The summed E-state index contributed by atoms with van der Waals surface area (Å²) >= 11 is 0. The van der Waals surface area contributed by atoms with Crippen LogP contribution in [0, 0.1) is 5.92 Å². The molecule has 0 atom stereocenters. The summed E-state index contributed by atoms with van der Waals surface area (Å²) in [6.07, 6.45) is 3.52. The van der Waals surface area contributed by atoms with E-state index in [2.05, 4.69) is 0 Å². The molecule has 1 fully saturated rings. The summed E-state index contributed by atoms with van der Waals surface area (Å²) in [5.74, 6) is 1.52. The maximum Gasteiger partial charge on any atom is 0.222 e. The molecule has 120 valence electrons. The monoisotopic (exact) mass is 303 g/mol. The van der Waals surface area contributed by atoms with E-state index < -0.39 is 0 Å². The molecule has 1 aliphatic heterocycles. The van der Waals surface area contributed by atoms with Crippen LogP contribution in [0.15, 0.2) is 24.3 Å². The molecular formula is C18H25NO3. The van der Waals surface area contributed by atoms with E-state index in [1.807, 2.05) is 36.1 Å². The van der Waals surface area contributed by atoms with Crippen LogP contribution < -0.4 is 4.74 Å². The standard InChI is InChI=1S/C18H25NO3/c1-3-17(20)15-10-12-19(13-11-15)18(21)9-6-14-4-7-16(22-2)8-5-14/h4-5,7-8,15H,3,6,9-13H2,1-2H3. The molecular weight excluding hydrogens is 278 g/mol. The van der Waals surface area contributed by atoms with Crippen molar-refractivity contribution in [3.63, 3.8) is 0 Å². The molecule has 1 amide bonds. The van der Waals surface area contributed by atoms with E-state index in [1.54, 1.807) is 7.11 Å². The number of rotatable bonds is 6. The number of Topliss-reactive ketones (excluding diaryl/α,β-unsaturated/α-hetero) is 1. The van der Waals surface area contributed by atoms with E-state index in [9.17, 15) is 9.59 Å². The lowest BCUT2D eigenvalue weighted by atomic mass is 9.91. The fourth-order valence-corrected chi connectivity index (χ4v) is 2.94. The zero-order chi connectivity index (χ0) is 15.9. The number of amides is 1. The third kappa shape index (κ3) is 4.33. The van der Waals surface area contributed by atoms with Crippen molar-refractivity contribution < 1.29 is 14.3 Å². The number of aryl methyl sites for hydroxylation is 1. The zero-order valence-electron chi connectivity index (χ0n) is 13.5. The molecule has 0 bridgehead atoms. The summed E-state index contributed by atoms with van der Waals surface area (Å²) < 4.78 is 5.13. The highest BCUT2D eigenvalue weighted by Gasteiger charge is 2.25. The van der Waals surface area contributed by atoms with Crippen molar-refractivity contribution in [1.29, 1.82) is 0 Å². The topological polar surface area (TPSA) is 46.6 Å². The fourth-order valence-electron chi connectivity index (χ4n) is 2.94. The van der Waals surface area contributed by atoms with E-state index >= 15 is 0 Å². The Bertz CT molecular complexity index is 502. The molecule has 1 aliphatic rings. The van der Waals surface area contributed by atoms with Gasteiger partial charge in [0.2, 0.25) is 5.91 Å². The number of ketones is 1. The van der Waals surface area contributed by atoms with Crippen LogP contribution in [0.4, 0.5) is 0 Å². The van der Waals surface area contributed by atoms with Crippen LogP contribution in [0.2, 0.25) is 0 Å². The van der Waals surface area contributed by atoms with E-state index in [0.717, 1.165) is 43.7 Å². The van der Waals surface area contributed by atoms with Crippen molar-refractivity contribution in [3.05, 3.63) is 29.8 Å². The quantitative estimate of drug-likeness (QED) is 0.812. The second-order valence-corrected chi connectivity index (χ2v) is 5.82. The van der Waals surface area contributed by atoms with Crippen LogP contribution in [0.25, 0.3) is 0 Å². The third-order valence-electron chi connectivity index (χ3n) is 4.44. The summed E-state index contributed by atoms with van der Waals surface area (Å²) in [6, 6.07) is 7.83. The Labute approximate surface area is 132 Å². The van der Waals surface area contributed by atoms with Gasteiger partial charge in [-0.2, -0.15) is 0 Å². The van der Waals surface area contributed by atoms with Gasteiger partial charge < -0.3 is 9.64 Å². The highest BCUT2D eigenvalue weighted by Crippen LogP contribution is 2.20. The van der Waals surface area contributed by atoms with Gasteiger partial charge in [0.25, 0.3) is 0 Å². The van der Waals surface area contributed by atoms with E-state index in [-0.39, 0.29) is 11.8 Å². The summed E-state index contributed by atoms with van der Waals surface area (Å²) in [5, 5.41) is 0. The first-order chi connectivity index (χ1) is 10.6. The first kappa shape index (κ1) is 16.5. The maximum absolute atomic E-state index is 12.3. The van der Waals surface area contributed by atoms with E-state index in [4.69, 9.17) is 4.74 Å². The van der Waals surface area contributed by atoms with Gasteiger partial charge in [-0.3, -0.25) is 9.59 Å². The Hall–Kier alpha value is -1.84. The molecule has 0 radical (unpaired) electrons. The molecule has 0 N–H and O–H groups in total. The van der Waals surface area contributed by atoms with Crippen molar-refractivity contribution in [1.82, 2.24) is 4.90 Å². The normalized spacial score (nSPS) is 15.6. The molecule has 1 aromatic carbocycles. The molecule has 4 heteroatoms. The zero-order valence-corrected chi connectivity index (χ0v) is 13.5. The number of likely N-dealkylation sites (tertiary alicyclic amines) is 1. The number of carbonyl (C=O) groups excluding carboxylic acids is 2. The number of hydrogen-bond donors (Lipinski definition) is 0. The SMILES string of the molecule is CCC(=O)C1CCN(C(=O)CCc2ccc(OC)cc2)CC1. The largest absolute Gasteiger partial charge is 0.497 e. The Morgan fingerprint density at radius 3 is 2.36 bits per heavy atom. The summed E-state index contributed by atoms with van der Waals surface area (Å²) in [5.41, 5.74) is 1.14. The first-order valence-electron chi connectivity index (χ1n) is 8.07. The lowest BCUT2D eigenvalue weighted by Crippen LogP contribution is -2.40. The average Bonchev–Trinajstić information content (AvgIpc) is 2.59. The predicted octanol–water partition coefficient (Wildman–Crippen LogP) is 2.85. The molecule has 0 saturated carbocycles. The fraction of sp³-hybridized carbons (Fsp3) is 0.556. The minimum absolute atomic E-state index is 0.163. The second-order valence-electron chi connectivity index (χ2n) is 5.82. The molecule has 2 rings (SSSR count). The van der Waals surface area contributed by atoms with Gasteiger partial charge >= 0.3 is 0 Å². The molecule has 0 aromatic heterocycles. The number of methoxy groups -OCH3 is 1. The first-order valence-corrected chi connectivity index (χ1v) is 8.07. The third-order valence-corrected chi connectivity index (χ3v) is 4.44. The molecule has 22 heavy (non-hydrogen) atoms. The van der Waals surface area contributed by atoms with Gasteiger partial charge in [-0.1, -0.05) is 19.1 Å². The minimum atomic E-state index is 0.163. The van der Waals surface area contributed by atoms with Gasteiger partial charge in [0.05, 0.1) is 7.11 Å². The van der Waals surface area contributed by atoms with Crippen LogP contribution >= 0.6 is 0 Å². The lowest BCUT2D eigenvalue weighted by molar-refractivity contribution is -0.135. The molecule has 4 nitrogen and oxygen atoms in total. The highest BCUT2D eigenvalue weighted by atomic mass is 16.5. The molecule has 1 heterocycles. The highest BCUT2D eigenvalue weighted by molar-refractivity contribution is 5.81. The van der Waals surface area contributed by atoms with Gasteiger partial charge in [-0.25, -0.2) is 0 Å². The molecule has 0 spiro atoms. The maximum atomic E-state index is 12.3.